The second-order valence-corrected chi connectivity index (χ2v) is 9.05. The summed E-state index contributed by atoms with van der Waals surface area (Å²) in [6.07, 6.45) is 0. The Labute approximate surface area is 159 Å². The number of nitro benzene ring substituents is 1. The van der Waals surface area contributed by atoms with Crippen LogP contribution in [0.15, 0.2) is 47.4 Å². The lowest BCUT2D eigenvalue weighted by molar-refractivity contribution is -0.384. The monoisotopic (exact) mass is 411 g/mol. The number of aromatic nitrogens is 1. The molecule has 0 fully saturated rings. The van der Waals surface area contributed by atoms with Crippen LogP contribution in [0.1, 0.15) is 18.0 Å². The molecular formula is C16H14ClN3O4S2. The third-order valence-corrected chi connectivity index (χ3v) is 7.45. The van der Waals surface area contributed by atoms with Gasteiger partial charge in [-0.1, -0.05) is 23.7 Å². The molecule has 3 aromatic rings. The Balaban J connectivity index is 1.98. The maximum atomic E-state index is 12.9. The lowest BCUT2D eigenvalue weighted by Gasteiger charge is -2.22. The van der Waals surface area contributed by atoms with Crippen LogP contribution in [0.3, 0.4) is 0 Å². The van der Waals surface area contributed by atoms with E-state index in [2.05, 4.69) is 4.98 Å². The Morgan fingerprint density at radius 3 is 2.62 bits per heavy atom. The molecule has 1 atom stereocenters. The Hall–Kier alpha value is -2.07. The fraction of sp³-hybridized carbons (Fsp3) is 0.188. The van der Waals surface area contributed by atoms with Gasteiger partial charge in [-0.2, -0.15) is 4.31 Å². The number of hydrogen-bond donors (Lipinski definition) is 0. The minimum absolute atomic E-state index is 0.115. The number of halogens is 1. The summed E-state index contributed by atoms with van der Waals surface area (Å²) in [6, 6.07) is 10.4. The number of hydrogen-bond acceptors (Lipinski definition) is 6. The third-order valence-electron chi connectivity index (χ3n) is 4.00. The van der Waals surface area contributed by atoms with Gasteiger partial charge in [0.15, 0.2) is 0 Å². The van der Waals surface area contributed by atoms with Crippen molar-refractivity contribution >= 4 is 48.9 Å². The summed E-state index contributed by atoms with van der Waals surface area (Å²) in [6.45, 7) is 1.72. The van der Waals surface area contributed by atoms with Crippen LogP contribution in [0.2, 0.25) is 5.02 Å². The van der Waals surface area contributed by atoms with Crippen LogP contribution < -0.4 is 0 Å². The number of nitro groups is 1. The molecule has 3 rings (SSSR count). The average Bonchev–Trinajstić information content (AvgIpc) is 3.04. The van der Waals surface area contributed by atoms with E-state index in [9.17, 15) is 18.5 Å². The number of nitrogens with zero attached hydrogens (tertiary/aromatic N) is 3. The zero-order chi connectivity index (χ0) is 19.1. The maximum Gasteiger partial charge on any atom is 0.289 e. The largest absolute Gasteiger partial charge is 0.289 e. The molecule has 26 heavy (non-hydrogen) atoms. The fourth-order valence-electron chi connectivity index (χ4n) is 2.39. The molecule has 0 radical (unpaired) electrons. The van der Waals surface area contributed by atoms with E-state index in [-0.39, 0.29) is 9.92 Å². The van der Waals surface area contributed by atoms with Gasteiger partial charge in [0.2, 0.25) is 10.0 Å². The number of benzene rings is 2. The number of fused-ring (bicyclic) bond motifs is 1. The van der Waals surface area contributed by atoms with E-state index in [0.717, 1.165) is 20.6 Å². The number of thiazole rings is 1. The van der Waals surface area contributed by atoms with Gasteiger partial charge in [0, 0.05) is 13.1 Å². The Kier molecular flexibility index (Phi) is 4.98. The first kappa shape index (κ1) is 18.7. The fourth-order valence-corrected chi connectivity index (χ4v) is 5.06. The summed E-state index contributed by atoms with van der Waals surface area (Å²) in [5, 5.41) is 11.6. The smallest absolute Gasteiger partial charge is 0.258 e. The van der Waals surface area contributed by atoms with Crippen molar-refractivity contribution < 1.29 is 13.3 Å². The van der Waals surface area contributed by atoms with Gasteiger partial charge in [-0.3, -0.25) is 10.1 Å². The van der Waals surface area contributed by atoms with Crippen molar-refractivity contribution in [2.45, 2.75) is 17.9 Å². The van der Waals surface area contributed by atoms with Crippen molar-refractivity contribution in [1.29, 1.82) is 0 Å². The molecule has 0 saturated carbocycles. The predicted molar refractivity (Wildman–Crippen MR) is 101 cm³/mol. The van der Waals surface area contributed by atoms with Crippen LogP contribution in [0.5, 0.6) is 0 Å². The van der Waals surface area contributed by atoms with Crippen molar-refractivity contribution in [3.8, 4) is 0 Å². The zero-order valence-electron chi connectivity index (χ0n) is 13.8. The quantitative estimate of drug-likeness (QED) is 0.462. The van der Waals surface area contributed by atoms with Gasteiger partial charge in [0.1, 0.15) is 10.0 Å². The molecular weight excluding hydrogens is 398 g/mol. The molecule has 0 spiro atoms. The average molecular weight is 412 g/mol. The van der Waals surface area contributed by atoms with Crippen LogP contribution in [0, 0.1) is 10.1 Å². The van der Waals surface area contributed by atoms with E-state index in [1.807, 2.05) is 24.3 Å². The Bertz CT molecular complexity index is 1060. The van der Waals surface area contributed by atoms with Crippen LogP contribution in [-0.4, -0.2) is 29.7 Å². The summed E-state index contributed by atoms with van der Waals surface area (Å²) in [4.78, 5) is 14.6. The van der Waals surface area contributed by atoms with Gasteiger partial charge in [0.25, 0.3) is 5.69 Å². The highest BCUT2D eigenvalue weighted by Gasteiger charge is 2.30. The van der Waals surface area contributed by atoms with Crippen LogP contribution >= 0.6 is 22.9 Å². The lowest BCUT2D eigenvalue weighted by atomic mass is 10.3. The Morgan fingerprint density at radius 2 is 1.96 bits per heavy atom. The molecule has 0 unspecified atom stereocenters. The molecule has 0 amide bonds. The second-order valence-electron chi connectivity index (χ2n) is 5.59. The first-order valence-electron chi connectivity index (χ1n) is 7.49. The summed E-state index contributed by atoms with van der Waals surface area (Å²) >= 11 is 7.17. The Morgan fingerprint density at radius 1 is 1.27 bits per heavy atom. The first-order valence-corrected chi connectivity index (χ1v) is 10.1. The summed E-state index contributed by atoms with van der Waals surface area (Å²) in [5.41, 5.74) is 0.348. The molecule has 0 aliphatic carbocycles. The van der Waals surface area contributed by atoms with Gasteiger partial charge in [-0.05, 0) is 31.2 Å². The molecule has 10 heteroatoms. The molecule has 0 bridgehead atoms. The van der Waals surface area contributed by atoms with E-state index in [4.69, 9.17) is 11.6 Å². The molecule has 136 valence electrons. The molecule has 1 aromatic heterocycles. The summed E-state index contributed by atoms with van der Waals surface area (Å²) in [7, 11) is -2.54. The highest BCUT2D eigenvalue weighted by atomic mass is 35.5. The van der Waals surface area contributed by atoms with Crippen molar-refractivity contribution in [2.24, 2.45) is 0 Å². The summed E-state index contributed by atoms with van der Waals surface area (Å²) in [5.74, 6) is 0. The van der Waals surface area contributed by atoms with E-state index >= 15 is 0 Å². The first-order chi connectivity index (χ1) is 12.2. The standard InChI is InChI=1S/C16H14ClN3O4S2/c1-10(16-18-13-5-3-4-6-15(13)25-16)19(2)26(23,24)11-7-8-12(17)14(9-11)20(21)22/h3-10H,1-2H3/t10-/m1/s1. The maximum absolute atomic E-state index is 12.9. The molecule has 2 aromatic carbocycles. The van der Waals surface area contributed by atoms with Gasteiger partial charge < -0.3 is 0 Å². The highest BCUT2D eigenvalue weighted by molar-refractivity contribution is 7.89. The molecule has 0 aliphatic rings. The van der Waals surface area contributed by atoms with Gasteiger partial charge in [0.05, 0.1) is 26.1 Å². The van der Waals surface area contributed by atoms with Crippen molar-refractivity contribution in [2.75, 3.05) is 7.05 Å². The van der Waals surface area contributed by atoms with Gasteiger partial charge in [-0.15, -0.1) is 11.3 Å². The molecule has 0 N–H and O–H groups in total. The number of sulfonamides is 1. The van der Waals surface area contributed by atoms with E-state index < -0.39 is 26.7 Å². The summed E-state index contributed by atoms with van der Waals surface area (Å²) < 4.78 is 27.9. The topological polar surface area (TPSA) is 93.4 Å². The van der Waals surface area contributed by atoms with Crippen LogP contribution in [0.25, 0.3) is 10.2 Å². The van der Waals surface area contributed by atoms with Gasteiger partial charge >= 0.3 is 0 Å². The SMILES string of the molecule is C[C@H](c1nc2ccccc2s1)N(C)S(=O)(=O)c1ccc(Cl)c([N+](=O)[O-])c1. The predicted octanol–water partition coefficient (Wildman–Crippen LogP) is 4.24. The van der Waals surface area contributed by atoms with E-state index in [1.54, 1.807) is 6.92 Å². The van der Waals surface area contributed by atoms with E-state index in [0.29, 0.717) is 5.01 Å². The zero-order valence-corrected chi connectivity index (χ0v) is 16.2. The van der Waals surface area contributed by atoms with Crippen LogP contribution in [0.4, 0.5) is 5.69 Å². The second kappa shape index (κ2) is 6.92. The van der Waals surface area contributed by atoms with Gasteiger partial charge in [-0.25, -0.2) is 13.4 Å². The van der Waals surface area contributed by atoms with Crippen LogP contribution in [-0.2, 0) is 10.0 Å². The normalized spacial score (nSPS) is 13.2. The van der Waals surface area contributed by atoms with Crippen molar-refractivity contribution in [3.05, 3.63) is 62.6 Å². The minimum Gasteiger partial charge on any atom is -0.258 e. The molecule has 0 aliphatic heterocycles. The third kappa shape index (κ3) is 3.30. The number of para-hydroxylation sites is 1. The minimum atomic E-state index is -3.96. The lowest BCUT2D eigenvalue weighted by Crippen LogP contribution is -2.29. The molecule has 7 nitrogen and oxygen atoms in total. The van der Waals surface area contributed by atoms with E-state index in [1.165, 1.54) is 30.5 Å². The van der Waals surface area contributed by atoms with Crippen molar-refractivity contribution in [1.82, 2.24) is 9.29 Å². The number of rotatable bonds is 5. The molecule has 1 heterocycles. The highest BCUT2D eigenvalue weighted by Crippen LogP contribution is 2.33. The van der Waals surface area contributed by atoms with Crippen molar-refractivity contribution in [3.63, 3.8) is 0 Å². The molecule has 0 saturated heterocycles.